The SMILES string of the molecule is Cc1cccc(CSCC(=O)Nc2ccc3c(c2)OCCCO3)c1. The number of thioether (sulfide) groups is 1. The van der Waals surface area contributed by atoms with Crippen molar-refractivity contribution in [3.63, 3.8) is 0 Å². The molecule has 2 aromatic carbocycles. The topological polar surface area (TPSA) is 47.6 Å². The molecule has 3 rings (SSSR count). The molecular formula is C19H21NO3S. The second kappa shape index (κ2) is 8.11. The smallest absolute Gasteiger partial charge is 0.234 e. The van der Waals surface area contributed by atoms with E-state index in [1.165, 1.54) is 11.1 Å². The molecule has 24 heavy (non-hydrogen) atoms. The average Bonchev–Trinajstić information content (AvgIpc) is 2.80. The lowest BCUT2D eigenvalue weighted by Gasteiger charge is -2.10. The number of carbonyl (C=O) groups excluding carboxylic acids is 1. The molecule has 1 aliphatic heterocycles. The summed E-state index contributed by atoms with van der Waals surface area (Å²) in [6, 6.07) is 13.9. The zero-order chi connectivity index (χ0) is 16.8. The quantitative estimate of drug-likeness (QED) is 0.890. The van der Waals surface area contributed by atoms with Gasteiger partial charge in [-0.1, -0.05) is 29.8 Å². The van der Waals surface area contributed by atoms with Crippen LogP contribution in [0.25, 0.3) is 0 Å². The summed E-state index contributed by atoms with van der Waals surface area (Å²) < 4.78 is 11.2. The number of amides is 1. The van der Waals surface area contributed by atoms with Crippen LogP contribution in [0.15, 0.2) is 42.5 Å². The van der Waals surface area contributed by atoms with Crippen molar-refractivity contribution in [1.29, 1.82) is 0 Å². The molecule has 0 spiro atoms. The number of hydrogen-bond donors (Lipinski definition) is 1. The molecule has 0 aliphatic carbocycles. The minimum Gasteiger partial charge on any atom is -0.490 e. The molecule has 0 atom stereocenters. The third-order valence-corrected chi connectivity index (χ3v) is 4.62. The fourth-order valence-electron chi connectivity index (χ4n) is 2.50. The molecular weight excluding hydrogens is 322 g/mol. The summed E-state index contributed by atoms with van der Waals surface area (Å²) in [6.07, 6.45) is 0.867. The molecule has 2 aromatic rings. The maximum atomic E-state index is 12.1. The lowest BCUT2D eigenvalue weighted by molar-refractivity contribution is -0.113. The Morgan fingerprint density at radius 1 is 1.12 bits per heavy atom. The van der Waals surface area contributed by atoms with Crippen molar-refractivity contribution in [2.45, 2.75) is 19.1 Å². The fourth-order valence-corrected chi connectivity index (χ4v) is 3.28. The maximum Gasteiger partial charge on any atom is 0.234 e. The van der Waals surface area contributed by atoms with Gasteiger partial charge in [0.1, 0.15) is 0 Å². The van der Waals surface area contributed by atoms with E-state index in [4.69, 9.17) is 9.47 Å². The molecule has 126 valence electrons. The largest absolute Gasteiger partial charge is 0.490 e. The van der Waals surface area contributed by atoms with E-state index in [0.717, 1.165) is 23.6 Å². The predicted octanol–water partition coefficient (Wildman–Crippen LogP) is 4.03. The molecule has 0 fully saturated rings. The number of fused-ring (bicyclic) bond motifs is 1. The minimum absolute atomic E-state index is 0.0119. The van der Waals surface area contributed by atoms with E-state index in [-0.39, 0.29) is 5.91 Å². The first kappa shape index (κ1) is 16.7. The molecule has 0 aromatic heterocycles. The third-order valence-electron chi connectivity index (χ3n) is 3.62. The zero-order valence-electron chi connectivity index (χ0n) is 13.7. The first-order chi connectivity index (χ1) is 11.7. The lowest BCUT2D eigenvalue weighted by Crippen LogP contribution is -2.14. The summed E-state index contributed by atoms with van der Waals surface area (Å²) in [5.41, 5.74) is 3.22. The third kappa shape index (κ3) is 4.68. The van der Waals surface area contributed by atoms with Gasteiger partial charge in [-0.05, 0) is 24.6 Å². The van der Waals surface area contributed by atoms with E-state index in [0.29, 0.717) is 24.7 Å². The Kier molecular flexibility index (Phi) is 5.64. The monoisotopic (exact) mass is 343 g/mol. The highest BCUT2D eigenvalue weighted by molar-refractivity contribution is 7.99. The first-order valence-corrected chi connectivity index (χ1v) is 9.19. The van der Waals surface area contributed by atoms with Crippen LogP contribution >= 0.6 is 11.8 Å². The number of hydrogen-bond acceptors (Lipinski definition) is 4. The molecule has 1 aliphatic rings. The van der Waals surface area contributed by atoms with Crippen molar-refractivity contribution < 1.29 is 14.3 Å². The minimum atomic E-state index is -0.0119. The van der Waals surface area contributed by atoms with Crippen LogP contribution in [0.2, 0.25) is 0 Å². The predicted molar refractivity (Wildman–Crippen MR) is 98.0 cm³/mol. The van der Waals surface area contributed by atoms with E-state index in [2.05, 4.69) is 30.4 Å². The van der Waals surface area contributed by atoms with Gasteiger partial charge in [-0.2, -0.15) is 0 Å². The van der Waals surface area contributed by atoms with Gasteiger partial charge in [0.05, 0.1) is 19.0 Å². The fraction of sp³-hybridized carbons (Fsp3) is 0.316. The highest BCUT2D eigenvalue weighted by atomic mass is 32.2. The average molecular weight is 343 g/mol. The second-order valence-corrected chi connectivity index (χ2v) is 6.73. The second-order valence-electron chi connectivity index (χ2n) is 5.74. The number of nitrogens with one attached hydrogen (secondary N) is 1. The van der Waals surface area contributed by atoms with Crippen LogP contribution in [-0.2, 0) is 10.5 Å². The van der Waals surface area contributed by atoms with Gasteiger partial charge in [0.2, 0.25) is 5.91 Å². The summed E-state index contributed by atoms with van der Waals surface area (Å²) in [7, 11) is 0. The summed E-state index contributed by atoms with van der Waals surface area (Å²) in [5.74, 6) is 2.66. The Hall–Kier alpha value is -2.14. The summed E-state index contributed by atoms with van der Waals surface area (Å²) >= 11 is 1.61. The van der Waals surface area contributed by atoms with Gasteiger partial charge in [0, 0.05) is 23.9 Å². The number of anilines is 1. The van der Waals surface area contributed by atoms with Gasteiger partial charge in [-0.15, -0.1) is 11.8 Å². The van der Waals surface area contributed by atoms with E-state index < -0.39 is 0 Å². The van der Waals surface area contributed by atoms with Crippen molar-refractivity contribution in [1.82, 2.24) is 0 Å². The molecule has 0 saturated carbocycles. The number of rotatable bonds is 5. The number of aryl methyl sites for hydroxylation is 1. The lowest BCUT2D eigenvalue weighted by atomic mass is 10.2. The Labute approximate surface area is 146 Å². The van der Waals surface area contributed by atoms with E-state index in [1.807, 2.05) is 24.3 Å². The molecule has 1 heterocycles. The Balaban J connectivity index is 1.50. The summed E-state index contributed by atoms with van der Waals surface area (Å²) in [6.45, 7) is 3.37. The maximum absolute atomic E-state index is 12.1. The van der Waals surface area contributed by atoms with Gasteiger partial charge in [0.15, 0.2) is 11.5 Å². The van der Waals surface area contributed by atoms with Gasteiger partial charge in [0.25, 0.3) is 0 Å². The normalized spacial score (nSPS) is 13.2. The van der Waals surface area contributed by atoms with Crippen molar-refractivity contribution in [2.75, 3.05) is 24.3 Å². The number of ether oxygens (including phenoxy) is 2. The van der Waals surface area contributed by atoms with Gasteiger partial charge >= 0.3 is 0 Å². The molecule has 5 heteroatoms. The van der Waals surface area contributed by atoms with E-state index in [9.17, 15) is 4.79 Å². The van der Waals surface area contributed by atoms with Crippen molar-refractivity contribution >= 4 is 23.4 Å². The van der Waals surface area contributed by atoms with Crippen molar-refractivity contribution in [3.8, 4) is 11.5 Å². The van der Waals surface area contributed by atoms with Crippen LogP contribution in [0.1, 0.15) is 17.5 Å². The number of carbonyl (C=O) groups is 1. The standard InChI is InChI=1S/C19H21NO3S/c1-14-4-2-5-15(10-14)12-24-13-19(21)20-16-6-7-17-18(11-16)23-9-3-8-22-17/h2,4-7,10-11H,3,8-9,12-13H2,1H3,(H,20,21). The van der Waals surface area contributed by atoms with Crippen molar-refractivity contribution in [3.05, 3.63) is 53.6 Å². The zero-order valence-corrected chi connectivity index (χ0v) is 14.5. The van der Waals surface area contributed by atoms with E-state index >= 15 is 0 Å². The first-order valence-electron chi connectivity index (χ1n) is 8.03. The van der Waals surface area contributed by atoms with Crippen LogP contribution in [0.5, 0.6) is 11.5 Å². The Morgan fingerprint density at radius 2 is 1.96 bits per heavy atom. The molecule has 0 saturated heterocycles. The Bertz CT molecular complexity index is 718. The van der Waals surface area contributed by atoms with Gasteiger partial charge in [-0.25, -0.2) is 0 Å². The van der Waals surface area contributed by atoms with Crippen LogP contribution in [0, 0.1) is 6.92 Å². The van der Waals surface area contributed by atoms with Crippen LogP contribution in [0.3, 0.4) is 0 Å². The molecule has 1 N–H and O–H groups in total. The van der Waals surface area contributed by atoms with E-state index in [1.54, 1.807) is 11.8 Å². The molecule has 0 bridgehead atoms. The van der Waals surface area contributed by atoms with Gasteiger partial charge < -0.3 is 14.8 Å². The molecule has 1 amide bonds. The highest BCUT2D eigenvalue weighted by Crippen LogP contribution is 2.32. The van der Waals surface area contributed by atoms with Gasteiger partial charge in [-0.3, -0.25) is 4.79 Å². The van der Waals surface area contributed by atoms with Crippen LogP contribution in [0.4, 0.5) is 5.69 Å². The highest BCUT2D eigenvalue weighted by Gasteiger charge is 2.12. The number of benzene rings is 2. The van der Waals surface area contributed by atoms with Crippen molar-refractivity contribution in [2.24, 2.45) is 0 Å². The van der Waals surface area contributed by atoms with Crippen LogP contribution in [-0.4, -0.2) is 24.9 Å². The summed E-state index contributed by atoms with van der Waals surface area (Å²) in [4.78, 5) is 12.1. The molecule has 0 unspecified atom stereocenters. The van der Waals surface area contributed by atoms with Crippen LogP contribution < -0.4 is 14.8 Å². The molecule has 0 radical (unpaired) electrons. The molecule has 4 nitrogen and oxygen atoms in total. The Morgan fingerprint density at radius 3 is 2.79 bits per heavy atom. The summed E-state index contributed by atoms with van der Waals surface area (Å²) in [5, 5.41) is 2.91.